The number of aromatic amines is 2. The van der Waals surface area contributed by atoms with Crippen LogP contribution in [0.4, 0.5) is 14.5 Å². The second-order valence-electron chi connectivity index (χ2n) is 10.6. The Morgan fingerprint density at radius 3 is 2.61 bits per heavy atom. The van der Waals surface area contributed by atoms with Gasteiger partial charge < -0.3 is 10.3 Å². The van der Waals surface area contributed by atoms with E-state index in [9.17, 15) is 17.6 Å². The number of carbonyl (C=O) groups is 1. The lowest BCUT2D eigenvalue weighted by Gasteiger charge is -2.09. The zero-order valence-corrected chi connectivity index (χ0v) is 24.6. The predicted molar refractivity (Wildman–Crippen MR) is 163 cm³/mol. The number of benzene rings is 2. The number of hydrogen-bond donors (Lipinski definition) is 4. The van der Waals surface area contributed by atoms with E-state index in [0.717, 1.165) is 6.26 Å². The number of rotatable bonds is 8. The van der Waals surface area contributed by atoms with Crippen LogP contribution >= 0.6 is 0 Å². The zero-order chi connectivity index (χ0) is 31.2. The van der Waals surface area contributed by atoms with Crippen LogP contribution in [0.2, 0.25) is 0 Å². The van der Waals surface area contributed by atoms with Crippen molar-refractivity contribution in [2.45, 2.75) is 20.4 Å². The number of hydrogen-bond acceptors (Lipinski definition) is 7. The summed E-state index contributed by atoms with van der Waals surface area (Å²) in [7, 11) is -3.47. The van der Waals surface area contributed by atoms with Crippen molar-refractivity contribution in [1.82, 2.24) is 34.9 Å². The Hall–Kier alpha value is -5.08. The lowest BCUT2D eigenvalue weighted by molar-refractivity contribution is -0.118. The molecule has 1 amide bonds. The van der Waals surface area contributed by atoms with Crippen molar-refractivity contribution in [3.05, 3.63) is 78.3 Å². The molecule has 0 spiro atoms. The standard InChI is InChI=1S/C30H26F2N8O3S/c1-15(2)30(41)36-20-9-18(13-33-14-20)22-10-23-25(11-24(22)32)39-40-27(23)29-37-26-21(4-5-34-28(26)38-29)17-6-16(7-19(31)8-17)12-35-44(3,42)43/h4-11,13-15,35H,12H2,1-3H3,(H,36,41)(H,39,40)(H,34,37,38). The Bertz CT molecular complexity index is 2180. The number of H-pyrrole nitrogens is 2. The number of anilines is 1. The Balaban J connectivity index is 1.40. The summed E-state index contributed by atoms with van der Waals surface area (Å²) in [6.07, 6.45) is 5.58. The molecule has 2 aromatic carbocycles. The van der Waals surface area contributed by atoms with Crippen molar-refractivity contribution < 1.29 is 22.0 Å². The van der Waals surface area contributed by atoms with E-state index in [1.54, 1.807) is 44.3 Å². The summed E-state index contributed by atoms with van der Waals surface area (Å²) in [5.74, 6) is -1.13. The van der Waals surface area contributed by atoms with Gasteiger partial charge in [0.25, 0.3) is 0 Å². The van der Waals surface area contributed by atoms with Crippen molar-refractivity contribution >= 4 is 43.7 Å². The third kappa shape index (κ3) is 5.89. The third-order valence-electron chi connectivity index (χ3n) is 6.91. The van der Waals surface area contributed by atoms with Gasteiger partial charge >= 0.3 is 0 Å². The van der Waals surface area contributed by atoms with Gasteiger partial charge in [0, 0.05) is 53.0 Å². The van der Waals surface area contributed by atoms with Gasteiger partial charge in [-0.05, 0) is 47.5 Å². The summed E-state index contributed by atoms with van der Waals surface area (Å²) in [4.78, 5) is 28.6. The Morgan fingerprint density at radius 2 is 1.84 bits per heavy atom. The molecule has 0 radical (unpaired) electrons. The maximum atomic E-state index is 15.3. The first kappa shape index (κ1) is 29.0. The van der Waals surface area contributed by atoms with Crippen LogP contribution in [0, 0.1) is 17.6 Å². The van der Waals surface area contributed by atoms with Crippen molar-refractivity contribution in [1.29, 1.82) is 0 Å². The minimum absolute atomic E-state index is 0.0791. The summed E-state index contributed by atoms with van der Waals surface area (Å²) < 4.78 is 55.3. The van der Waals surface area contributed by atoms with Crippen molar-refractivity contribution in [2.24, 2.45) is 5.92 Å². The van der Waals surface area contributed by atoms with Crippen molar-refractivity contribution in [3.8, 4) is 33.8 Å². The van der Waals surface area contributed by atoms with Crippen LogP contribution < -0.4 is 10.0 Å². The van der Waals surface area contributed by atoms with E-state index >= 15 is 4.39 Å². The van der Waals surface area contributed by atoms with E-state index in [4.69, 9.17) is 4.98 Å². The molecule has 4 aromatic heterocycles. The highest BCUT2D eigenvalue weighted by molar-refractivity contribution is 7.88. The smallest absolute Gasteiger partial charge is 0.226 e. The van der Waals surface area contributed by atoms with E-state index in [2.05, 4.69) is 35.2 Å². The molecule has 44 heavy (non-hydrogen) atoms. The van der Waals surface area contributed by atoms with Gasteiger partial charge in [-0.3, -0.25) is 14.9 Å². The van der Waals surface area contributed by atoms with E-state index < -0.39 is 21.7 Å². The SMILES string of the molecule is CC(C)C(=O)Nc1cncc(-c2cc3c(-c4nc5c(-c6cc(F)cc(CNS(C)(=O)=O)c6)ccnc5[nH]4)n[nH]c3cc2F)c1. The van der Waals surface area contributed by atoms with Crippen LogP contribution in [0.25, 0.3) is 55.8 Å². The Morgan fingerprint density at radius 1 is 1.02 bits per heavy atom. The van der Waals surface area contributed by atoms with Gasteiger partial charge in [-0.2, -0.15) is 5.10 Å². The highest BCUT2D eigenvalue weighted by atomic mass is 32.2. The number of nitrogens with one attached hydrogen (secondary N) is 4. The summed E-state index contributed by atoms with van der Waals surface area (Å²) in [6.45, 7) is 3.46. The molecule has 0 atom stereocenters. The summed E-state index contributed by atoms with van der Waals surface area (Å²) in [6, 6.07) is 10.5. The van der Waals surface area contributed by atoms with Crippen LogP contribution in [-0.4, -0.2) is 50.7 Å². The van der Waals surface area contributed by atoms with E-state index in [1.807, 2.05) is 0 Å². The average molecular weight is 617 g/mol. The molecule has 0 aliphatic carbocycles. The molecule has 0 bridgehead atoms. The lowest BCUT2D eigenvalue weighted by atomic mass is 10.0. The van der Waals surface area contributed by atoms with Gasteiger partial charge in [-0.1, -0.05) is 13.8 Å². The van der Waals surface area contributed by atoms with Gasteiger partial charge in [0.05, 0.1) is 23.7 Å². The molecule has 0 saturated heterocycles. The fraction of sp³-hybridized carbons (Fsp3) is 0.167. The molecule has 6 rings (SSSR count). The minimum atomic E-state index is -3.47. The van der Waals surface area contributed by atoms with Gasteiger partial charge in [0.15, 0.2) is 11.5 Å². The maximum absolute atomic E-state index is 15.3. The number of sulfonamides is 1. The van der Waals surface area contributed by atoms with Gasteiger partial charge in [0.2, 0.25) is 15.9 Å². The van der Waals surface area contributed by atoms with E-state index in [-0.39, 0.29) is 23.9 Å². The Labute approximate surface area is 250 Å². The molecule has 224 valence electrons. The number of carbonyl (C=O) groups excluding carboxylic acids is 1. The van der Waals surface area contributed by atoms with Crippen LogP contribution in [0.1, 0.15) is 19.4 Å². The molecule has 11 nitrogen and oxygen atoms in total. The molecule has 6 aromatic rings. The molecule has 0 aliphatic heterocycles. The number of fused-ring (bicyclic) bond motifs is 2. The molecular weight excluding hydrogens is 590 g/mol. The quantitative estimate of drug-likeness (QED) is 0.184. The second kappa shape index (κ2) is 11.2. The molecular formula is C30H26F2N8O3S. The molecule has 0 unspecified atom stereocenters. The van der Waals surface area contributed by atoms with Crippen molar-refractivity contribution in [2.75, 3.05) is 11.6 Å². The second-order valence-corrected chi connectivity index (χ2v) is 12.5. The molecule has 0 aliphatic rings. The number of pyridine rings is 2. The highest BCUT2D eigenvalue weighted by Gasteiger charge is 2.19. The van der Waals surface area contributed by atoms with Crippen LogP contribution in [0.3, 0.4) is 0 Å². The third-order valence-corrected chi connectivity index (χ3v) is 7.58. The fourth-order valence-electron chi connectivity index (χ4n) is 4.76. The Kier molecular flexibility index (Phi) is 7.39. The monoisotopic (exact) mass is 616 g/mol. The predicted octanol–water partition coefficient (Wildman–Crippen LogP) is 5.15. The topological polar surface area (TPSA) is 158 Å². The number of aromatic nitrogens is 6. The van der Waals surface area contributed by atoms with Gasteiger partial charge in [0.1, 0.15) is 22.8 Å². The number of halogens is 2. The summed E-state index contributed by atoms with van der Waals surface area (Å²) in [5, 5.41) is 10.6. The van der Waals surface area contributed by atoms with Crippen LogP contribution in [-0.2, 0) is 21.4 Å². The fourth-order valence-corrected chi connectivity index (χ4v) is 5.19. The molecule has 0 fully saturated rings. The number of amides is 1. The van der Waals surface area contributed by atoms with Crippen molar-refractivity contribution in [3.63, 3.8) is 0 Å². The summed E-state index contributed by atoms with van der Waals surface area (Å²) >= 11 is 0. The van der Waals surface area contributed by atoms with E-state index in [1.165, 1.54) is 30.6 Å². The average Bonchev–Trinajstić information content (AvgIpc) is 3.58. The zero-order valence-electron chi connectivity index (χ0n) is 23.7. The van der Waals surface area contributed by atoms with Crippen LogP contribution in [0.15, 0.2) is 61.1 Å². The lowest BCUT2D eigenvalue weighted by Crippen LogP contribution is -2.21. The van der Waals surface area contributed by atoms with E-state index in [0.29, 0.717) is 61.5 Å². The molecule has 4 N–H and O–H groups in total. The molecule has 0 saturated carbocycles. The molecule has 14 heteroatoms. The normalized spacial score (nSPS) is 12.0. The molecule has 4 heterocycles. The number of imidazole rings is 1. The summed E-state index contributed by atoms with van der Waals surface area (Å²) in [5.41, 5.74) is 4.31. The first-order valence-electron chi connectivity index (χ1n) is 13.5. The first-order chi connectivity index (χ1) is 20.9. The minimum Gasteiger partial charge on any atom is -0.324 e. The highest BCUT2D eigenvalue weighted by Crippen LogP contribution is 2.34. The van der Waals surface area contributed by atoms with Crippen LogP contribution in [0.5, 0.6) is 0 Å². The number of nitrogens with zero attached hydrogens (tertiary/aromatic N) is 4. The first-order valence-corrected chi connectivity index (χ1v) is 15.4. The maximum Gasteiger partial charge on any atom is 0.226 e. The van der Waals surface area contributed by atoms with Gasteiger partial charge in [-0.15, -0.1) is 0 Å². The largest absolute Gasteiger partial charge is 0.324 e. The van der Waals surface area contributed by atoms with Gasteiger partial charge in [-0.25, -0.2) is 31.9 Å².